The van der Waals surface area contributed by atoms with Crippen LogP contribution in [-0.2, 0) is 5.75 Å². The molecule has 3 rings (SSSR count). The van der Waals surface area contributed by atoms with Gasteiger partial charge in [0, 0.05) is 17.2 Å². The minimum absolute atomic E-state index is 0.590. The van der Waals surface area contributed by atoms with E-state index in [9.17, 15) is 0 Å². The Balaban J connectivity index is 1.97. The lowest BCUT2D eigenvalue weighted by Gasteiger charge is -2.03. The van der Waals surface area contributed by atoms with Crippen molar-refractivity contribution in [3.8, 4) is 0 Å². The summed E-state index contributed by atoms with van der Waals surface area (Å²) in [5.74, 6) is 2.73. The SMILES string of the molecule is Cc1nc(SCc2noc(C)n2)c2c(C)c(C)sc2n1. The molecule has 0 amide bonds. The Labute approximate surface area is 124 Å². The van der Waals surface area contributed by atoms with Gasteiger partial charge in [-0.3, -0.25) is 0 Å². The van der Waals surface area contributed by atoms with E-state index in [4.69, 9.17) is 4.52 Å². The fourth-order valence-electron chi connectivity index (χ4n) is 1.95. The molecule has 3 heterocycles. The van der Waals surface area contributed by atoms with Gasteiger partial charge in [0.1, 0.15) is 15.7 Å². The highest BCUT2D eigenvalue weighted by atomic mass is 32.2. The number of rotatable bonds is 3. The summed E-state index contributed by atoms with van der Waals surface area (Å²) in [6.45, 7) is 7.95. The fraction of sp³-hybridized carbons (Fsp3) is 0.385. The molecular weight excluding hydrogens is 292 g/mol. The van der Waals surface area contributed by atoms with E-state index >= 15 is 0 Å². The van der Waals surface area contributed by atoms with Crippen molar-refractivity contribution in [2.45, 2.75) is 38.5 Å². The van der Waals surface area contributed by atoms with Gasteiger partial charge in [0.05, 0.1) is 5.75 Å². The summed E-state index contributed by atoms with van der Waals surface area (Å²) >= 11 is 3.35. The van der Waals surface area contributed by atoms with E-state index in [1.807, 2.05) is 6.92 Å². The number of thioether (sulfide) groups is 1. The molecule has 3 aromatic heterocycles. The summed E-state index contributed by atoms with van der Waals surface area (Å²) in [5.41, 5.74) is 1.26. The van der Waals surface area contributed by atoms with Crippen LogP contribution in [0.2, 0.25) is 0 Å². The lowest BCUT2D eigenvalue weighted by atomic mass is 10.2. The van der Waals surface area contributed by atoms with Gasteiger partial charge >= 0.3 is 0 Å². The summed E-state index contributed by atoms with van der Waals surface area (Å²) < 4.78 is 4.99. The topological polar surface area (TPSA) is 64.7 Å². The van der Waals surface area contributed by atoms with Crippen LogP contribution in [0.25, 0.3) is 10.2 Å². The van der Waals surface area contributed by atoms with Crippen LogP contribution in [0.1, 0.15) is 28.0 Å². The number of thiophene rings is 1. The highest BCUT2D eigenvalue weighted by molar-refractivity contribution is 7.98. The Hall–Kier alpha value is -1.47. The molecule has 0 radical (unpaired) electrons. The average Bonchev–Trinajstić information content (AvgIpc) is 2.92. The second-order valence-electron chi connectivity index (χ2n) is 4.56. The van der Waals surface area contributed by atoms with Crippen molar-refractivity contribution in [2.24, 2.45) is 0 Å². The summed E-state index contributed by atoms with van der Waals surface area (Å²) in [5, 5.41) is 6.07. The van der Waals surface area contributed by atoms with E-state index in [1.54, 1.807) is 30.0 Å². The minimum Gasteiger partial charge on any atom is -0.340 e. The zero-order valence-electron chi connectivity index (χ0n) is 11.7. The van der Waals surface area contributed by atoms with Gasteiger partial charge in [0.2, 0.25) is 5.89 Å². The zero-order valence-corrected chi connectivity index (χ0v) is 13.4. The molecule has 0 saturated carbocycles. The predicted molar refractivity (Wildman–Crippen MR) is 80.2 cm³/mol. The van der Waals surface area contributed by atoms with Gasteiger partial charge in [-0.2, -0.15) is 4.98 Å². The molecular formula is C13H14N4OS2. The van der Waals surface area contributed by atoms with Gasteiger partial charge in [0.25, 0.3) is 0 Å². The van der Waals surface area contributed by atoms with Gasteiger partial charge in [0.15, 0.2) is 5.82 Å². The van der Waals surface area contributed by atoms with E-state index in [2.05, 4.69) is 34.0 Å². The van der Waals surface area contributed by atoms with Crippen molar-refractivity contribution in [3.05, 3.63) is 28.0 Å². The number of hydrogen-bond donors (Lipinski definition) is 0. The molecule has 0 spiro atoms. The molecule has 5 nitrogen and oxygen atoms in total. The van der Waals surface area contributed by atoms with E-state index < -0.39 is 0 Å². The quantitative estimate of drug-likeness (QED) is 0.544. The van der Waals surface area contributed by atoms with Crippen LogP contribution in [0.15, 0.2) is 9.55 Å². The standard InChI is InChI=1S/C13H14N4OS2/c1-6-7(2)20-13-11(6)12(14-8(3)15-13)19-5-10-16-9(4)18-17-10/h5H2,1-4H3. The van der Waals surface area contributed by atoms with Crippen molar-refractivity contribution >= 4 is 33.3 Å². The van der Waals surface area contributed by atoms with Crippen molar-refractivity contribution in [1.29, 1.82) is 0 Å². The fourth-order valence-corrected chi connectivity index (χ4v) is 4.06. The summed E-state index contributed by atoms with van der Waals surface area (Å²) in [4.78, 5) is 15.7. The third-order valence-corrected chi connectivity index (χ3v) is 5.09. The molecule has 0 N–H and O–H groups in total. The van der Waals surface area contributed by atoms with Crippen molar-refractivity contribution in [1.82, 2.24) is 20.1 Å². The Morgan fingerprint density at radius 1 is 1.10 bits per heavy atom. The smallest absolute Gasteiger partial charge is 0.223 e. The second kappa shape index (κ2) is 5.14. The molecule has 0 aliphatic heterocycles. The molecule has 0 aromatic carbocycles. The Morgan fingerprint density at radius 3 is 2.60 bits per heavy atom. The maximum absolute atomic E-state index is 4.99. The molecule has 0 aliphatic rings. The molecule has 0 aliphatic carbocycles. The first kappa shape index (κ1) is 13.5. The third kappa shape index (κ3) is 2.43. The Bertz CT molecular complexity index is 778. The van der Waals surface area contributed by atoms with Crippen LogP contribution in [0.4, 0.5) is 0 Å². The number of nitrogens with zero attached hydrogens (tertiary/aromatic N) is 4. The molecule has 0 unspecified atom stereocenters. The predicted octanol–water partition coefficient (Wildman–Crippen LogP) is 3.60. The summed E-state index contributed by atoms with van der Waals surface area (Å²) in [7, 11) is 0. The highest BCUT2D eigenvalue weighted by Crippen LogP contribution is 2.35. The maximum atomic E-state index is 4.99. The van der Waals surface area contributed by atoms with E-state index in [0.29, 0.717) is 17.5 Å². The van der Waals surface area contributed by atoms with Crippen LogP contribution < -0.4 is 0 Å². The van der Waals surface area contributed by atoms with Crippen LogP contribution in [0.5, 0.6) is 0 Å². The first-order chi connectivity index (χ1) is 9.54. The number of aryl methyl sites for hydroxylation is 4. The van der Waals surface area contributed by atoms with Crippen LogP contribution in [0.3, 0.4) is 0 Å². The molecule has 104 valence electrons. The normalized spacial score (nSPS) is 11.4. The van der Waals surface area contributed by atoms with Gasteiger partial charge in [-0.05, 0) is 26.3 Å². The Kier molecular flexibility index (Phi) is 3.47. The molecule has 7 heteroatoms. The number of hydrogen-bond acceptors (Lipinski definition) is 7. The maximum Gasteiger partial charge on any atom is 0.223 e. The van der Waals surface area contributed by atoms with Gasteiger partial charge in [-0.1, -0.05) is 16.9 Å². The number of fused-ring (bicyclic) bond motifs is 1. The lowest BCUT2D eigenvalue weighted by molar-refractivity contribution is 0.389. The molecule has 0 saturated heterocycles. The lowest BCUT2D eigenvalue weighted by Crippen LogP contribution is -1.92. The van der Waals surface area contributed by atoms with Crippen molar-refractivity contribution in [3.63, 3.8) is 0 Å². The Morgan fingerprint density at radius 2 is 1.90 bits per heavy atom. The summed E-state index contributed by atoms with van der Waals surface area (Å²) in [6.07, 6.45) is 0. The molecule has 20 heavy (non-hydrogen) atoms. The summed E-state index contributed by atoms with van der Waals surface area (Å²) in [6, 6.07) is 0. The monoisotopic (exact) mass is 306 g/mol. The largest absolute Gasteiger partial charge is 0.340 e. The van der Waals surface area contributed by atoms with E-state index in [-0.39, 0.29) is 0 Å². The van der Waals surface area contributed by atoms with Gasteiger partial charge in [-0.25, -0.2) is 9.97 Å². The average molecular weight is 306 g/mol. The highest BCUT2D eigenvalue weighted by Gasteiger charge is 2.14. The van der Waals surface area contributed by atoms with Crippen LogP contribution in [0, 0.1) is 27.7 Å². The zero-order chi connectivity index (χ0) is 14.3. The van der Waals surface area contributed by atoms with Crippen LogP contribution in [-0.4, -0.2) is 20.1 Å². The van der Waals surface area contributed by atoms with Gasteiger partial charge < -0.3 is 4.52 Å². The van der Waals surface area contributed by atoms with Crippen molar-refractivity contribution in [2.75, 3.05) is 0 Å². The molecule has 3 aromatic rings. The third-order valence-electron chi connectivity index (χ3n) is 3.01. The van der Waals surface area contributed by atoms with E-state index in [1.165, 1.54) is 10.4 Å². The first-order valence-electron chi connectivity index (χ1n) is 6.21. The van der Waals surface area contributed by atoms with Gasteiger partial charge in [-0.15, -0.1) is 11.3 Å². The van der Waals surface area contributed by atoms with Crippen LogP contribution >= 0.6 is 23.1 Å². The first-order valence-corrected chi connectivity index (χ1v) is 8.01. The van der Waals surface area contributed by atoms with Crippen molar-refractivity contribution < 1.29 is 4.52 Å². The molecule has 0 atom stereocenters. The molecule has 0 bridgehead atoms. The molecule has 0 fully saturated rings. The number of aromatic nitrogens is 4. The minimum atomic E-state index is 0.590. The van der Waals surface area contributed by atoms with E-state index in [0.717, 1.165) is 21.1 Å². The second-order valence-corrected chi connectivity index (χ2v) is 6.72.